The number of nitrogens with zero attached hydrogens (tertiary/aromatic N) is 2. The van der Waals surface area contributed by atoms with Gasteiger partial charge in [0, 0.05) is 7.11 Å². The van der Waals surface area contributed by atoms with E-state index in [0.717, 1.165) is 24.6 Å². The molecule has 0 aliphatic heterocycles. The highest BCUT2D eigenvalue weighted by Gasteiger charge is 2.18. The van der Waals surface area contributed by atoms with Gasteiger partial charge in [0.15, 0.2) is 0 Å². The molecule has 0 bridgehead atoms. The summed E-state index contributed by atoms with van der Waals surface area (Å²) in [5.41, 5.74) is 2.78. The van der Waals surface area contributed by atoms with Crippen molar-refractivity contribution in [3.05, 3.63) is 15.6 Å². The van der Waals surface area contributed by atoms with Gasteiger partial charge in [0.05, 0.1) is 18.8 Å². The summed E-state index contributed by atoms with van der Waals surface area (Å²) in [5, 5.41) is 0.907. The Labute approximate surface area is 111 Å². The van der Waals surface area contributed by atoms with Gasteiger partial charge >= 0.3 is 0 Å². The van der Waals surface area contributed by atoms with E-state index in [4.69, 9.17) is 10.6 Å². The summed E-state index contributed by atoms with van der Waals surface area (Å²) < 4.78 is 5.04. The van der Waals surface area contributed by atoms with Crippen LogP contribution in [0.1, 0.15) is 34.2 Å². The maximum absolute atomic E-state index is 11.6. The molecule has 0 aliphatic carbocycles. The number of carbonyl (C=O) groups excluding carboxylic acids is 1. The van der Waals surface area contributed by atoms with Crippen LogP contribution in [0, 0.1) is 0 Å². The number of nitrogens with two attached hydrogens (primary N) is 1. The van der Waals surface area contributed by atoms with Gasteiger partial charge in [-0.3, -0.25) is 15.1 Å². The van der Waals surface area contributed by atoms with E-state index in [1.807, 2.05) is 0 Å². The van der Waals surface area contributed by atoms with Crippen LogP contribution in [0.2, 0.25) is 0 Å². The molecular weight excluding hydrogens is 252 g/mol. The molecule has 3 N–H and O–H groups in total. The number of hydrogen-bond acceptors (Lipinski definition) is 6. The fourth-order valence-electron chi connectivity index (χ4n) is 1.58. The summed E-state index contributed by atoms with van der Waals surface area (Å²) >= 11 is 1.37. The molecule has 0 saturated heterocycles. The van der Waals surface area contributed by atoms with Crippen molar-refractivity contribution in [2.45, 2.75) is 27.0 Å². The van der Waals surface area contributed by atoms with Gasteiger partial charge in [-0.2, -0.15) is 0 Å². The second-order valence-corrected chi connectivity index (χ2v) is 4.83. The molecule has 0 aromatic carbocycles. The van der Waals surface area contributed by atoms with E-state index in [1.54, 1.807) is 7.11 Å². The number of aromatic nitrogens is 1. The van der Waals surface area contributed by atoms with Gasteiger partial charge in [-0.25, -0.2) is 10.8 Å². The molecule has 102 valence electrons. The van der Waals surface area contributed by atoms with Crippen LogP contribution in [-0.2, 0) is 17.9 Å². The second kappa shape index (κ2) is 7.42. The third-order valence-corrected chi connectivity index (χ3v) is 3.69. The third kappa shape index (κ3) is 3.74. The third-order valence-electron chi connectivity index (χ3n) is 2.61. The van der Waals surface area contributed by atoms with Crippen molar-refractivity contribution in [3.8, 4) is 0 Å². The zero-order valence-electron chi connectivity index (χ0n) is 11.0. The molecular formula is C11H20N4O2S. The van der Waals surface area contributed by atoms with Crippen molar-refractivity contribution in [2.24, 2.45) is 5.84 Å². The van der Waals surface area contributed by atoms with Crippen LogP contribution in [0.15, 0.2) is 0 Å². The fourth-order valence-corrected chi connectivity index (χ4v) is 2.60. The van der Waals surface area contributed by atoms with E-state index < -0.39 is 0 Å². The van der Waals surface area contributed by atoms with Crippen LogP contribution in [0.5, 0.6) is 0 Å². The van der Waals surface area contributed by atoms with Crippen molar-refractivity contribution in [1.29, 1.82) is 0 Å². The summed E-state index contributed by atoms with van der Waals surface area (Å²) in [5.74, 6) is 4.85. The van der Waals surface area contributed by atoms with E-state index in [-0.39, 0.29) is 5.91 Å². The van der Waals surface area contributed by atoms with Crippen molar-refractivity contribution in [3.63, 3.8) is 0 Å². The molecule has 1 aromatic rings. The average Bonchev–Trinajstić information content (AvgIpc) is 2.78. The smallest absolute Gasteiger partial charge is 0.277 e. The molecule has 0 radical (unpaired) electrons. The van der Waals surface area contributed by atoms with Gasteiger partial charge in [-0.05, 0) is 13.1 Å². The predicted octanol–water partition coefficient (Wildman–Crippen LogP) is 0.735. The molecule has 18 heavy (non-hydrogen) atoms. The van der Waals surface area contributed by atoms with Gasteiger partial charge in [0.2, 0.25) is 0 Å². The maximum Gasteiger partial charge on any atom is 0.277 e. The Bertz CT molecular complexity index is 390. The summed E-state index contributed by atoms with van der Waals surface area (Å²) in [6.07, 6.45) is 0. The average molecular weight is 272 g/mol. The topological polar surface area (TPSA) is 80.5 Å². The molecule has 1 heterocycles. The molecule has 0 atom stereocenters. The van der Waals surface area contributed by atoms with Crippen LogP contribution in [0.25, 0.3) is 0 Å². The Kier molecular flexibility index (Phi) is 6.20. The van der Waals surface area contributed by atoms with Crippen molar-refractivity contribution < 1.29 is 9.53 Å². The lowest BCUT2D eigenvalue weighted by Gasteiger charge is -2.15. The van der Waals surface area contributed by atoms with Crippen LogP contribution in [0.4, 0.5) is 0 Å². The highest BCUT2D eigenvalue weighted by Crippen LogP contribution is 2.20. The minimum atomic E-state index is -0.314. The van der Waals surface area contributed by atoms with Gasteiger partial charge in [0.25, 0.3) is 5.91 Å². The van der Waals surface area contributed by atoms with Crippen LogP contribution in [-0.4, -0.2) is 36.0 Å². The normalized spacial score (nSPS) is 10.9. The molecule has 0 spiro atoms. The zero-order chi connectivity index (χ0) is 13.5. The molecule has 0 fully saturated rings. The Morgan fingerprint density at radius 1 is 1.50 bits per heavy atom. The minimum Gasteiger partial charge on any atom is -0.378 e. The Morgan fingerprint density at radius 2 is 2.17 bits per heavy atom. The number of hydrogen-bond donors (Lipinski definition) is 2. The van der Waals surface area contributed by atoms with Crippen molar-refractivity contribution >= 4 is 17.2 Å². The van der Waals surface area contributed by atoms with E-state index in [1.165, 1.54) is 11.3 Å². The second-order valence-electron chi connectivity index (χ2n) is 3.75. The highest BCUT2D eigenvalue weighted by molar-refractivity contribution is 7.13. The van der Waals surface area contributed by atoms with E-state index >= 15 is 0 Å². The Balaban J connectivity index is 2.90. The van der Waals surface area contributed by atoms with Gasteiger partial charge in [-0.15, -0.1) is 11.3 Å². The van der Waals surface area contributed by atoms with Crippen LogP contribution in [0.3, 0.4) is 0 Å². The van der Waals surface area contributed by atoms with Gasteiger partial charge < -0.3 is 4.74 Å². The number of methoxy groups -OCH3 is 1. The first-order chi connectivity index (χ1) is 8.65. The van der Waals surface area contributed by atoms with Crippen LogP contribution < -0.4 is 11.3 Å². The van der Waals surface area contributed by atoms with Gasteiger partial charge in [-0.1, -0.05) is 13.8 Å². The number of nitrogen functional groups attached to an aromatic ring is 1. The lowest BCUT2D eigenvalue weighted by Crippen LogP contribution is -2.30. The fraction of sp³-hybridized carbons (Fsp3) is 0.636. The summed E-state index contributed by atoms with van der Waals surface area (Å²) in [7, 11) is 1.58. The molecule has 1 aromatic heterocycles. The number of hydrazine groups is 1. The van der Waals surface area contributed by atoms with Gasteiger partial charge in [0.1, 0.15) is 9.88 Å². The lowest BCUT2D eigenvalue weighted by molar-refractivity contribution is 0.0952. The zero-order valence-corrected chi connectivity index (χ0v) is 11.8. The Morgan fingerprint density at radius 3 is 2.67 bits per heavy atom. The SMILES string of the molecule is CCN(CC)Cc1nc(COC)c(C(=O)NN)s1. The Hall–Kier alpha value is -1.02. The lowest BCUT2D eigenvalue weighted by atomic mass is 10.3. The first-order valence-corrected chi connectivity index (χ1v) is 6.68. The molecule has 0 unspecified atom stereocenters. The number of carbonyl (C=O) groups is 1. The largest absolute Gasteiger partial charge is 0.378 e. The number of ether oxygens (including phenoxy) is 1. The quantitative estimate of drug-likeness (QED) is 0.434. The van der Waals surface area contributed by atoms with Crippen molar-refractivity contribution in [1.82, 2.24) is 15.3 Å². The molecule has 7 heteroatoms. The minimum absolute atomic E-state index is 0.314. The number of rotatable bonds is 7. The van der Waals surface area contributed by atoms with Crippen LogP contribution >= 0.6 is 11.3 Å². The molecule has 0 saturated carbocycles. The monoisotopic (exact) mass is 272 g/mol. The first-order valence-electron chi connectivity index (χ1n) is 5.87. The molecule has 0 aliphatic rings. The number of amides is 1. The summed E-state index contributed by atoms with van der Waals surface area (Å²) in [4.78, 5) is 18.8. The highest BCUT2D eigenvalue weighted by atomic mass is 32.1. The van der Waals surface area contributed by atoms with E-state index in [2.05, 4.69) is 29.2 Å². The van der Waals surface area contributed by atoms with E-state index in [9.17, 15) is 4.79 Å². The summed E-state index contributed by atoms with van der Waals surface area (Å²) in [6.45, 7) is 7.16. The molecule has 6 nitrogen and oxygen atoms in total. The maximum atomic E-state index is 11.6. The predicted molar refractivity (Wildman–Crippen MR) is 71.1 cm³/mol. The first kappa shape index (κ1) is 15.0. The molecule has 1 amide bonds. The standard InChI is InChI=1S/C11H20N4O2S/c1-4-15(5-2)6-9-13-8(7-17-3)10(18-9)11(16)14-12/h4-7,12H2,1-3H3,(H,14,16). The number of thiazole rings is 1. The van der Waals surface area contributed by atoms with Crippen molar-refractivity contribution in [2.75, 3.05) is 20.2 Å². The summed E-state index contributed by atoms with van der Waals surface area (Å²) in [6, 6.07) is 0. The molecule has 1 rings (SSSR count). The van der Waals surface area contributed by atoms with E-state index in [0.29, 0.717) is 17.2 Å². The number of nitrogens with one attached hydrogen (secondary N) is 1.